The molecule has 2 N–H and O–H groups in total. The van der Waals surface area contributed by atoms with Crippen LogP contribution < -0.4 is 5.73 Å². The molecule has 16 heavy (non-hydrogen) atoms. The summed E-state index contributed by atoms with van der Waals surface area (Å²) >= 11 is 6.81. The molecule has 6 heteroatoms. The number of fused-ring (bicyclic) bond motifs is 1. The van der Waals surface area contributed by atoms with E-state index in [0.29, 0.717) is 11.4 Å². The maximum Gasteiger partial charge on any atom is 0.0543 e. The maximum atomic E-state index is 8.50. The van der Waals surface area contributed by atoms with Crippen molar-refractivity contribution in [2.24, 2.45) is 5.11 Å². The quantitative estimate of drug-likeness (QED) is 0.341. The Morgan fingerprint density at radius 1 is 1.25 bits per heavy atom. The monoisotopic (exact) mass is 340 g/mol. The van der Waals surface area contributed by atoms with Gasteiger partial charge in [0.05, 0.1) is 5.69 Å². The lowest BCUT2D eigenvalue weighted by Crippen LogP contribution is -1.90. The van der Waals surface area contributed by atoms with Crippen molar-refractivity contribution in [3.05, 3.63) is 43.7 Å². The molecule has 0 heterocycles. The number of azide groups is 1. The lowest BCUT2D eigenvalue weighted by Gasteiger charge is -2.09. The Hall–Kier alpha value is -1.23. The van der Waals surface area contributed by atoms with Gasteiger partial charge in [0.2, 0.25) is 0 Å². The van der Waals surface area contributed by atoms with Crippen molar-refractivity contribution < 1.29 is 0 Å². The molecule has 2 aromatic rings. The first-order valence-electron chi connectivity index (χ1n) is 4.36. The van der Waals surface area contributed by atoms with Crippen molar-refractivity contribution in [2.45, 2.75) is 0 Å². The minimum absolute atomic E-state index is 0.527. The van der Waals surface area contributed by atoms with Gasteiger partial charge in [0, 0.05) is 24.9 Å². The zero-order chi connectivity index (χ0) is 11.7. The van der Waals surface area contributed by atoms with Crippen LogP contribution in [0.1, 0.15) is 0 Å². The fraction of sp³-hybridized carbons (Fsp3) is 0. The molecule has 0 aromatic heterocycles. The lowest BCUT2D eigenvalue weighted by molar-refractivity contribution is 1.50. The third-order valence-corrected chi connectivity index (χ3v) is 3.54. The summed E-state index contributed by atoms with van der Waals surface area (Å²) in [7, 11) is 0. The number of rotatable bonds is 1. The second-order valence-electron chi connectivity index (χ2n) is 3.14. The molecule has 2 rings (SSSR count). The molecule has 80 valence electrons. The van der Waals surface area contributed by atoms with Crippen LogP contribution >= 0.6 is 31.9 Å². The van der Waals surface area contributed by atoms with E-state index in [2.05, 4.69) is 41.9 Å². The van der Waals surface area contributed by atoms with Crippen molar-refractivity contribution in [3.8, 4) is 0 Å². The summed E-state index contributed by atoms with van der Waals surface area (Å²) < 4.78 is 1.67. The summed E-state index contributed by atoms with van der Waals surface area (Å²) in [6, 6.07) is 7.35. The number of nitrogen functional groups attached to an aromatic ring is 1. The third kappa shape index (κ3) is 1.75. The minimum atomic E-state index is 0.527. The number of hydrogen-bond acceptors (Lipinski definition) is 2. The zero-order valence-electron chi connectivity index (χ0n) is 7.98. The van der Waals surface area contributed by atoms with Crippen LogP contribution in [-0.4, -0.2) is 0 Å². The minimum Gasteiger partial charge on any atom is -0.397 e. The van der Waals surface area contributed by atoms with Gasteiger partial charge in [0.1, 0.15) is 0 Å². The highest BCUT2D eigenvalue weighted by Crippen LogP contribution is 2.39. The Morgan fingerprint density at radius 3 is 2.69 bits per heavy atom. The van der Waals surface area contributed by atoms with Crippen LogP contribution in [0.3, 0.4) is 0 Å². The topological polar surface area (TPSA) is 74.8 Å². The van der Waals surface area contributed by atoms with Crippen LogP contribution in [0.4, 0.5) is 11.4 Å². The van der Waals surface area contributed by atoms with E-state index in [9.17, 15) is 0 Å². The Balaban J connectivity index is 3.00. The second-order valence-corrected chi connectivity index (χ2v) is 4.85. The first-order valence-corrected chi connectivity index (χ1v) is 5.95. The molecule has 4 nitrogen and oxygen atoms in total. The van der Waals surface area contributed by atoms with Crippen molar-refractivity contribution in [1.29, 1.82) is 0 Å². The Kier molecular flexibility index (Phi) is 3.05. The second kappa shape index (κ2) is 4.33. The van der Waals surface area contributed by atoms with Crippen LogP contribution in [-0.2, 0) is 0 Å². The Labute approximate surface area is 108 Å². The molecule has 0 bridgehead atoms. The molecule has 0 spiro atoms. The SMILES string of the molecule is [N-]=[N+]=Nc1cccc2c(Br)cc(Br)c(N)c12. The van der Waals surface area contributed by atoms with Gasteiger partial charge in [0.25, 0.3) is 0 Å². The van der Waals surface area contributed by atoms with Gasteiger partial charge in [-0.3, -0.25) is 0 Å². The smallest absolute Gasteiger partial charge is 0.0543 e. The summed E-state index contributed by atoms with van der Waals surface area (Å²) in [5.74, 6) is 0. The van der Waals surface area contributed by atoms with E-state index in [-0.39, 0.29) is 0 Å². The normalized spacial score (nSPS) is 10.1. The van der Waals surface area contributed by atoms with Crippen LogP contribution in [0.25, 0.3) is 21.2 Å². The molecule has 0 atom stereocenters. The molecule has 0 aliphatic carbocycles. The van der Waals surface area contributed by atoms with Crippen molar-refractivity contribution >= 4 is 54.0 Å². The molecule has 2 aromatic carbocycles. The van der Waals surface area contributed by atoms with E-state index >= 15 is 0 Å². The number of anilines is 1. The van der Waals surface area contributed by atoms with Crippen molar-refractivity contribution in [3.63, 3.8) is 0 Å². The molecule has 0 aliphatic heterocycles. The highest BCUT2D eigenvalue weighted by atomic mass is 79.9. The molecule has 0 amide bonds. The van der Waals surface area contributed by atoms with Crippen LogP contribution in [0.15, 0.2) is 38.3 Å². The van der Waals surface area contributed by atoms with E-state index in [1.54, 1.807) is 6.07 Å². The molecule has 0 radical (unpaired) electrons. The van der Waals surface area contributed by atoms with E-state index in [1.807, 2.05) is 18.2 Å². The van der Waals surface area contributed by atoms with E-state index < -0.39 is 0 Å². The van der Waals surface area contributed by atoms with Crippen molar-refractivity contribution in [2.75, 3.05) is 5.73 Å². The fourth-order valence-corrected chi connectivity index (χ4v) is 2.83. The standard InChI is InChI=1S/C10H6Br2N4/c11-6-4-7(12)10(13)9-5(6)2-1-3-8(9)15-16-14/h1-4H,13H2. The lowest BCUT2D eigenvalue weighted by atomic mass is 10.1. The predicted molar refractivity (Wildman–Crippen MR) is 72.6 cm³/mol. The molecular formula is C10H6Br2N4. The average molecular weight is 342 g/mol. The molecule has 0 saturated carbocycles. The third-order valence-electron chi connectivity index (χ3n) is 2.23. The van der Waals surface area contributed by atoms with Gasteiger partial charge in [-0.15, -0.1) is 0 Å². The largest absolute Gasteiger partial charge is 0.397 e. The first kappa shape index (κ1) is 11.3. The number of benzene rings is 2. The number of nitrogens with zero attached hydrogens (tertiary/aromatic N) is 3. The van der Waals surface area contributed by atoms with Gasteiger partial charge in [0.15, 0.2) is 0 Å². The van der Waals surface area contributed by atoms with Gasteiger partial charge < -0.3 is 5.73 Å². The van der Waals surface area contributed by atoms with Crippen molar-refractivity contribution in [1.82, 2.24) is 0 Å². The average Bonchev–Trinajstić information content (AvgIpc) is 2.26. The number of halogens is 2. The van der Waals surface area contributed by atoms with Gasteiger partial charge in [-0.2, -0.15) is 0 Å². The van der Waals surface area contributed by atoms with E-state index in [4.69, 9.17) is 11.3 Å². The van der Waals surface area contributed by atoms with Gasteiger partial charge in [-0.25, -0.2) is 0 Å². The summed E-state index contributed by atoms with van der Waals surface area (Å²) in [5, 5.41) is 5.31. The van der Waals surface area contributed by atoms with Gasteiger partial charge in [-0.1, -0.05) is 39.2 Å². The fourth-order valence-electron chi connectivity index (χ4n) is 1.54. The summed E-state index contributed by atoms with van der Waals surface area (Å²) in [4.78, 5) is 2.80. The van der Waals surface area contributed by atoms with E-state index in [1.165, 1.54) is 0 Å². The molecule has 0 saturated heterocycles. The van der Waals surface area contributed by atoms with Gasteiger partial charge in [-0.05, 0) is 32.9 Å². The molecule has 0 fully saturated rings. The predicted octanol–water partition coefficient (Wildman–Crippen LogP) is 4.89. The van der Waals surface area contributed by atoms with Crippen LogP contribution in [0.2, 0.25) is 0 Å². The first-order chi connectivity index (χ1) is 7.65. The zero-order valence-corrected chi connectivity index (χ0v) is 11.2. The highest BCUT2D eigenvalue weighted by Gasteiger charge is 2.09. The maximum absolute atomic E-state index is 8.50. The summed E-state index contributed by atoms with van der Waals surface area (Å²) in [6.45, 7) is 0. The molecular weight excluding hydrogens is 336 g/mol. The highest BCUT2D eigenvalue weighted by molar-refractivity contribution is 9.11. The van der Waals surface area contributed by atoms with Gasteiger partial charge >= 0.3 is 0 Å². The molecule has 0 unspecified atom stereocenters. The number of nitrogens with two attached hydrogens (primary N) is 1. The Bertz CT molecular complexity index is 618. The van der Waals surface area contributed by atoms with Crippen LogP contribution in [0.5, 0.6) is 0 Å². The van der Waals surface area contributed by atoms with E-state index in [0.717, 1.165) is 19.7 Å². The van der Waals surface area contributed by atoms with Crippen LogP contribution in [0, 0.1) is 0 Å². The Morgan fingerprint density at radius 2 is 2.00 bits per heavy atom. The summed E-state index contributed by atoms with van der Waals surface area (Å²) in [6.07, 6.45) is 0. The summed E-state index contributed by atoms with van der Waals surface area (Å²) in [5.41, 5.74) is 15.6. The molecule has 0 aliphatic rings. The number of hydrogen-bond donors (Lipinski definition) is 1.